The van der Waals surface area contributed by atoms with Crippen molar-refractivity contribution in [2.75, 3.05) is 45.5 Å². The van der Waals surface area contributed by atoms with Gasteiger partial charge >= 0.3 is 11.7 Å². The summed E-state index contributed by atoms with van der Waals surface area (Å²) in [6.07, 6.45) is 4.36. The molecule has 2 bridgehead atoms. The molecule has 0 spiro atoms. The molecule has 12 heteroatoms. The van der Waals surface area contributed by atoms with Gasteiger partial charge in [-0.1, -0.05) is 12.1 Å². The Morgan fingerprint density at radius 2 is 1.63 bits per heavy atom. The van der Waals surface area contributed by atoms with Gasteiger partial charge in [-0.3, -0.25) is 14.4 Å². The van der Waals surface area contributed by atoms with Gasteiger partial charge < -0.3 is 10.4 Å². The number of nitrogens with one attached hydrogen (secondary N) is 1. The molecule has 3 fully saturated rings. The van der Waals surface area contributed by atoms with Crippen molar-refractivity contribution in [3.05, 3.63) is 34.7 Å². The summed E-state index contributed by atoms with van der Waals surface area (Å²) in [5.41, 5.74) is 1.05. The van der Waals surface area contributed by atoms with E-state index in [0.717, 1.165) is 31.2 Å². The van der Waals surface area contributed by atoms with Crippen molar-refractivity contribution >= 4 is 27.1 Å². The van der Waals surface area contributed by atoms with Crippen LogP contribution in [-0.4, -0.2) is 113 Å². The van der Waals surface area contributed by atoms with Crippen molar-refractivity contribution in [3.8, 4) is 0 Å². The third kappa shape index (κ3) is 5.42. The van der Waals surface area contributed by atoms with Crippen LogP contribution in [0.4, 0.5) is 4.79 Å². The molecular formula is C26H40N6O5S. The van der Waals surface area contributed by atoms with Crippen molar-refractivity contribution in [1.29, 1.82) is 0 Å². The molecule has 5 rings (SSSR count). The second kappa shape index (κ2) is 10.7. The Morgan fingerprint density at radius 3 is 2.21 bits per heavy atom. The lowest BCUT2D eigenvalue weighted by Crippen LogP contribution is -2.55. The zero-order chi connectivity index (χ0) is 27.2. The summed E-state index contributed by atoms with van der Waals surface area (Å²) < 4.78 is 27.9. The first-order chi connectivity index (χ1) is 18.0. The summed E-state index contributed by atoms with van der Waals surface area (Å²) in [6.45, 7) is 7.14. The number of piperazine rings is 1. The molecule has 4 heterocycles. The van der Waals surface area contributed by atoms with Crippen LogP contribution < -0.4 is 11.0 Å². The minimum atomic E-state index is -3.17. The third-order valence-electron chi connectivity index (χ3n) is 8.40. The van der Waals surface area contributed by atoms with Gasteiger partial charge in [0.15, 0.2) is 0 Å². The van der Waals surface area contributed by atoms with E-state index in [9.17, 15) is 23.1 Å². The number of aliphatic hydroxyl groups excluding tert-OH is 1. The first-order valence-corrected chi connectivity index (χ1v) is 15.5. The van der Waals surface area contributed by atoms with Crippen molar-refractivity contribution in [1.82, 2.24) is 28.6 Å². The average Bonchev–Trinajstić information content (AvgIpc) is 3.26. The van der Waals surface area contributed by atoms with Gasteiger partial charge in [0.1, 0.15) is 0 Å². The molecule has 2 aromatic rings. The Hall–Kier alpha value is -2.25. The summed E-state index contributed by atoms with van der Waals surface area (Å²) in [7, 11) is -3.17. The van der Waals surface area contributed by atoms with Gasteiger partial charge in [0.2, 0.25) is 10.0 Å². The number of aromatic nitrogens is 2. The van der Waals surface area contributed by atoms with E-state index < -0.39 is 16.1 Å². The van der Waals surface area contributed by atoms with Gasteiger partial charge in [-0.05, 0) is 51.7 Å². The Balaban J connectivity index is 1.18. The van der Waals surface area contributed by atoms with Gasteiger partial charge in [-0.25, -0.2) is 22.6 Å². The van der Waals surface area contributed by atoms with Crippen LogP contribution in [0, 0.1) is 0 Å². The molecule has 0 aliphatic carbocycles. The number of piperidine rings is 1. The van der Waals surface area contributed by atoms with Crippen LogP contribution in [0.15, 0.2) is 29.1 Å². The maximum atomic E-state index is 13.3. The highest BCUT2D eigenvalue weighted by Gasteiger charge is 2.42. The normalized spacial score (nSPS) is 26.3. The number of para-hydroxylation sites is 2. The summed E-state index contributed by atoms with van der Waals surface area (Å²) >= 11 is 0. The fraction of sp³-hybridized carbons (Fsp3) is 0.692. The number of aliphatic hydroxyl groups is 1. The predicted molar refractivity (Wildman–Crippen MR) is 146 cm³/mol. The fourth-order valence-corrected chi connectivity index (χ4v) is 7.46. The van der Waals surface area contributed by atoms with Crippen LogP contribution >= 0.6 is 0 Å². The minimum absolute atomic E-state index is 0.0227. The van der Waals surface area contributed by atoms with Crippen LogP contribution in [0.3, 0.4) is 0 Å². The maximum absolute atomic E-state index is 13.3. The summed E-state index contributed by atoms with van der Waals surface area (Å²) in [5, 5.41) is 14.0. The molecule has 3 atom stereocenters. The zero-order valence-electron chi connectivity index (χ0n) is 22.5. The second-order valence-corrected chi connectivity index (χ2v) is 13.4. The number of amides is 1. The highest BCUT2D eigenvalue weighted by molar-refractivity contribution is 7.88. The highest BCUT2D eigenvalue weighted by atomic mass is 32.2. The lowest BCUT2D eigenvalue weighted by atomic mass is 9.97. The van der Waals surface area contributed by atoms with E-state index in [-0.39, 0.29) is 35.9 Å². The van der Waals surface area contributed by atoms with Crippen molar-refractivity contribution in [2.45, 2.75) is 69.8 Å². The van der Waals surface area contributed by atoms with E-state index in [2.05, 4.69) is 15.1 Å². The number of nitrogens with zero attached hydrogens (tertiary/aromatic N) is 5. The van der Waals surface area contributed by atoms with Crippen LogP contribution in [0.2, 0.25) is 0 Å². The predicted octanol–water partition coefficient (Wildman–Crippen LogP) is 0.875. The second-order valence-electron chi connectivity index (χ2n) is 11.4. The fourth-order valence-electron chi connectivity index (χ4n) is 6.64. The molecule has 0 radical (unpaired) electrons. The summed E-state index contributed by atoms with van der Waals surface area (Å²) in [5.74, 6) is 0. The molecule has 1 amide bonds. The first kappa shape index (κ1) is 27.3. The van der Waals surface area contributed by atoms with E-state index in [1.54, 1.807) is 4.57 Å². The van der Waals surface area contributed by atoms with E-state index in [0.29, 0.717) is 44.8 Å². The number of sulfonamides is 1. The number of rotatable bonds is 7. The largest absolute Gasteiger partial charge is 0.390 e. The smallest absolute Gasteiger partial charge is 0.337 e. The Bertz CT molecular complexity index is 1320. The summed E-state index contributed by atoms with van der Waals surface area (Å²) in [4.78, 5) is 31.0. The molecule has 3 saturated heterocycles. The lowest BCUT2D eigenvalue weighted by molar-refractivity contribution is 0.0287. The molecule has 1 aromatic heterocycles. The maximum Gasteiger partial charge on any atom is 0.337 e. The Kier molecular flexibility index (Phi) is 7.71. The topological polar surface area (TPSA) is 120 Å². The van der Waals surface area contributed by atoms with Crippen molar-refractivity contribution in [3.63, 3.8) is 0 Å². The van der Waals surface area contributed by atoms with Crippen LogP contribution in [0.1, 0.15) is 45.6 Å². The van der Waals surface area contributed by atoms with Crippen LogP contribution in [0.25, 0.3) is 11.0 Å². The Morgan fingerprint density at radius 1 is 1.03 bits per heavy atom. The quantitative estimate of drug-likeness (QED) is 0.527. The van der Waals surface area contributed by atoms with Gasteiger partial charge in [-0.15, -0.1) is 0 Å². The van der Waals surface area contributed by atoms with Crippen molar-refractivity contribution < 1.29 is 18.3 Å². The number of hydrogen-bond acceptors (Lipinski definition) is 7. The third-order valence-corrected chi connectivity index (χ3v) is 9.70. The Labute approximate surface area is 224 Å². The molecule has 3 aliphatic rings. The molecular weight excluding hydrogens is 508 g/mol. The summed E-state index contributed by atoms with van der Waals surface area (Å²) in [6, 6.07) is 7.50. The zero-order valence-corrected chi connectivity index (χ0v) is 23.3. The van der Waals surface area contributed by atoms with E-state index >= 15 is 0 Å². The standard InChI is InChI=1S/C26H40N6O5S/c1-18(2)31-23-6-4-5-7-24(23)32(26(31)35)25(34)27-19-14-20-8-9-21(15-19)30(20)17-22(33)16-28-10-12-29(13-11-28)38(3,36)37/h4-7,18-22,33H,8-17H2,1-3H3,(H,27,34). The van der Waals surface area contributed by atoms with Gasteiger partial charge in [-0.2, -0.15) is 4.31 Å². The van der Waals surface area contributed by atoms with E-state index in [1.165, 1.54) is 15.1 Å². The number of carbonyl (C=O) groups excluding carboxylic acids is 1. The molecule has 3 aliphatic heterocycles. The molecule has 2 N–H and O–H groups in total. The number of benzene rings is 1. The number of imidazole rings is 1. The average molecular weight is 549 g/mol. The number of hydrogen-bond donors (Lipinski definition) is 2. The minimum Gasteiger partial charge on any atom is -0.390 e. The molecule has 3 unspecified atom stereocenters. The van der Waals surface area contributed by atoms with Gasteiger partial charge in [0, 0.05) is 63.4 Å². The van der Waals surface area contributed by atoms with Crippen LogP contribution in [0.5, 0.6) is 0 Å². The van der Waals surface area contributed by atoms with Gasteiger partial charge in [0.05, 0.1) is 23.4 Å². The number of fused-ring (bicyclic) bond motifs is 3. The van der Waals surface area contributed by atoms with Gasteiger partial charge in [0.25, 0.3) is 0 Å². The molecule has 38 heavy (non-hydrogen) atoms. The SMILES string of the molecule is CC(C)n1c(=O)n(C(=O)NC2CC3CCC(C2)N3CC(O)CN2CCN(S(C)(=O)=O)CC2)c2ccccc21. The molecule has 11 nitrogen and oxygen atoms in total. The molecule has 210 valence electrons. The monoisotopic (exact) mass is 548 g/mol. The number of β-amino-alcohol motifs (C(OH)–C–C–N with tert-alkyl or cyclic N) is 1. The van der Waals surface area contributed by atoms with Crippen molar-refractivity contribution in [2.24, 2.45) is 0 Å². The molecule has 0 saturated carbocycles. The van der Waals surface area contributed by atoms with E-state index in [4.69, 9.17) is 0 Å². The lowest BCUT2D eigenvalue weighted by Gasteiger charge is -2.41. The number of carbonyl (C=O) groups is 1. The van der Waals surface area contributed by atoms with E-state index in [1.807, 2.05) is 38.1 Å². The molecule has 1 aromatic carbocycles. The van der Waals surface area contributed by atoms with Crippen LogP contribution in [-0.2, 0) is 10.0 Å². The highest BCUT2D eigenvalue weighted by Crippen LogP contribution is 2.36. The first-order valence-electron chi connectivity index (χ1n) is 13.7.